The second kappa shape index (κ2) is 3.98. The van der Waals surface area contributed by atoms with Crippen LogP contribution >= 0.6 is 11.6 Å². The summed E-state index contributed by atoms with van der Waals surface area (Å²) >= 11 is 5.75. The Hall–Kier alpha value is -1.42. The zero-order valence-corrected chi connectivity index (χ0v) is 8.95. The van der Waals surface area contributed by atoms with Gasteiger partial charge in [0.05, 0.1) is 11.6 Å². The Kier molecular flexibility index (Phi) is 2.68. The third-order valence-corrected chi connectivity index (χ3v) is 2.77. The van der Waals surface area contributed by atoms with Crippen molar-refractivity contribution < 1.29 is 0 Å². The van der Waals surface area contributed by atoms with Crippen molar-refractivity contribution in [1.82, 2.24) is 15.2 Å². The topological polar surface area (TPSA) is 58.6 Å². The molecule has 0 saturated heterocycles. The number of nitrogens with zero attached hydrogens (tertiary/aromatic N) is 2. The second-order valence-electron chi connectivity index (χ2n) is 3.45. The van der Waals surface area contributed by atoms with Gasteiger partial charge in [0.15, 0.2) is 0 Å². The van der Waals surface area contributed by atoms with E-state index in [4.69, 9.17) is 11.6 Å². The van der Waals surface area contributed by atoms with E-state index in [9.17, 15) is 4.79 Å². The minimum Gasteiger partial charge on any atom is -0.267 e. The molecular weight excluding hydrogens is 214 g/mol. The SMILES string of the molecule is CC(CCl)c1cc2cn[nH]c(=O)c2cn1. The van der Waals surface area contributed by atoms with Crippen molar-refractivity contribution in [3.63, 3.8) is 0 Å². The number of H-pyrrole nitrogens is 1. The number of fused-ring (bicyclic) bond motifs is 1. The summed E-state index contributed by atoms with van der Waals surface area (Å²) in [5, 5.41) is 7.45. The van der Waals surface area contributed by atoms with E-state index >= 15 is 0 Å². The molecule has 2 rings (SSSR count). The molecular formula is C10H10ClN3O. The van der Waals surface area contributed by atoms with Crippen LogP contribution in [-0.2, 0) is 0 Å². The van der Waals surface area contributed by atoms with Crippen molar-refractivity contribution in [2.75, 3.05) is 5.88 Å². The number of hydrogen-bond acceptors (Lipinski definition) is 3. The predicted octanol–water partition coefficient (Wildman–Crippen LogP) is 1.66. The summed E-state index contributed by atoms with van der Waals surface area (Å²) in [7, 11) is 0. The highest BCUT2D eigenvalue weighted by Crippen LogP contribution is 2.17. The van der Waals surface area contributed by atoms with E-state index in [1.54, 1.807) is 12.4 Å². The van der Waals surface area contributed by atoms with E-state index in [0.29, 0.717) is 11.3 Å². The third kappa shape index (κ3) is 1.85. The fourth-order valence-corrected chi connectivity index (χ4v) is 1.51. The number of alkyl halides is 1. The van der Waals surface area contributed by atoms with E-state index in [1.807, 2.05) is 13.0 Å². The molecule has 5 heteroatoms. The molecule has 0 fully saturated rings. The first-order chi connectivity index (χ1) is 7.22. The Bertz CT molecular complexity index is 537. The van der Waals surface area contributed by atoms with Gasteiger partial charge in [-0.2, -0.15) is 5.10 Å². The molecule has 0 radical (unpaired) electrons. The lowest BCUT2D eigenvalue weighted by Gasteiger charge is -2.06. The monoisotopic (exact) mass is 223 g/mol. The fourth-order valence-electron chi connectivity index (χ4n) is 1.35. The maximum atomic E-state index is 11.3. The van der Waals surface area contributed by atoms with Crippen molar-refractivity contribution in [1.29, 1.82) is 0 Å². The van der Waals surface area contributed by atoms with Gasteiger partial charge in [0.2, 0.25) is 0 Å². The number of nitrogens with one attached hydrogen (secondary N) is 1. The van der Waals surface area contributed by atoms with Crippen LogP contribution in [0.5, 0.6) is 0 Å². The average Bonchev–Trinajstić information content (AvgIpc) is 2.28. The lowest BCUT2D eigenvalue weighted by atomic mass is 10.1. The first-order valence-corrected chi connectivity index (χ1v) is 5.15. The highest BCUT2D eigenvalue weighted by atomic mass is 35.5. The van der Waals surface area contributed by atoms with Crippen LogP contribution in [-0.4, -0.2) is 21.1 Å². The zero-order valence-electron chi connectivity index (χ0n) is 8.20. The summed E-state index contributed by atoms with van der Waals surface area (Å²) in [6, 6.07) is 1.85. The highest BCUT2D eigenvalue weighted by molar-refractivity contribution is 6.18. The molecule has 1 N–H and O–H groups in total. The molecule has 0 saturated carbocycles. The number of aromatic nitrogens is 3. The molecule has 2 aromatic heterocycles. The molecule has 0 aromatic carbocycles. The van der Waals surface area contributed by atoms with Crippen molar-refractivity contribution >= 4 is 22.4 Å². The average molecular weight is 224 g/mol. The van der Waals surface area contributed by atoms with Gasteiger partial charge >= 0.3 is 0 Å². The van der Waals surface area contributed by atoms with Gasteiger partial charge in [-0.1, -0.05) is 6.92 Å². The van der Waals surface area contributed by atoms with E-state index in [2.05, 4.69) is 15.2 Å². The van der Waals surface area contributed by atoms with Gasteiger partial charge in [0, 0.05) is 29.1 Å². The van der Waals surface area contributed by atoms with Crippen molar-refractivity contribution in [3.8, 4) is 0 Å². The summed E-state index contributed by atoms with van der Waals surface area (Å²) in [4.78, 5) is 15.6. The van der Waals surface area contributed by atoms with Gasteiger partial charge in [-0.15, -0.1) is 11.6 Å². The molecule has 4 nitrogen and oxygen atoms in total. The van der Waals surface area contributed by atoms with Gasteiger partial charge < -0.3 is 0 Å². The lowest BCUT2D eigenvalue weighted by Crippen LogP contribution is -2.09. The summed E-state index contributed by atoms with van der Waals surface area (Å²) in [5.41, 5.74) is 0.662. The largest absolute Gasteiger partial charge is 0.273 e. The summed E-state index contributed by atoms with van der Waals surface area (Å²) in [6.45, 7) is 1.99. The Morgan fingerprint density at radius 3 is 3.07 bits per heavy atom. The Morgan fingerprint density at radius 2 is 2.33 bits per heavy atom. The molecule has 78 valence electrons. The van der Waals surface area contributed by atoms with E-state index in [0.717, 1.165) is 11.1 Å². The van der Waals surface area contributed by atoms with Crippen LogP contribution in [0.25, 0.3) is 10.8 Å². The number of aromatic amines is 1. The first kappa shape index (κ1) is 10.1. The number of rotatable bonds is 2. The van der Waals surface area contributed by atoms with E-state index in [-0.39, 0.29) is 11.5 Å². The summed E-state index contributed by atoms with van der Waals surface area (Å²) in [6.07, 6.45) is 3.18. The maximum absolute atomic E-state index is 11.3. The van der Waals surface area contributed by atoms with Crippen LogP contribution in [0.3, 0.4) is 0 Å². The summed E-state index contributed by atoms with van der Waals surface area (Å²) < 4.78 is 0. The summed E-state index contributed by atoms with van der Waals surface area (Å²) in [5.74, 6) is 0.685. The number of halogens is 1. The Morgan fingerprint density at radius 1 is 1.53 bits per heavy atom. The molecule has 0 spiro atoms. The minimum atomic E-state index is -0.218. The lowest BCUT2D eigenvalue weighted by molar-refractivity contribution is 0.833. The zero-order chi connectivity index (χ0) is 10.8. The van der Waals surface area contributed by atoms with Crippen molar-refractivity contribution in [3.05, 3.63) is 34.5 Å². The van der Waals surface area contributed by atoms with Gasteiger partial charge in [-0.3, -0.25) is 9.78 Å². The predicted molar refractivity (Wildman–Crippen MR) is 59.3 cm³/mol. The number of pyridine rings is 1. The van der Waals surface area contributed by atoms with Crippen molar-refractivity contribution in [2.45, 2.75) is 12.8 Å². The Labute approximate surface area is 91.3 Å². The molecule has 0 aliphatic heterocycles. The molecule has 0 bridgehead atoms. The highest BCUT2D eigenvalue weighted by Gasteiger charge is 2.07. The fraction of sp³-hybridized carbons (Fsp3) is 0.300. The van der Waals surface area contributed by atoms with Crippen LogP contribution in [0.2, 0.25) is 0 Å². The smallest absolute Gasteiger partial charge is 0.267 e. The molecule has 1 unspecified atom stereocenters. The molecule has 0 aliphatic carbocycles. The van der Waals surface area contributed by atoms with Crippen LogP contribution < -0.4 is 5.56 Å². The number of hydrogen-bond donors (Lipinski definition) is 1. The molecule has 15 heavy (non-hydrogen) atoms. The molecule has 2 aromatic rings. The van der Waals surface area contributed by atoms with Crippen LogP contribution in [0, 0.1) is 0 Å². The van der Waals surface area contributed by atoms with Gasteiger partial charge in [0.1, 0.15) is 0 Å². The first-order valence-electron chi connectivity index (χ1n) is 4.61. The maximum Gasteiger partial charge on any atom is 0.273 e. The van der Waals surface area contributed by atoms with Gasteiger partial charge in [-0.25, -0.2) is 5.10 Å². The normalized spacial score (nSPS) is 12.9. The van der Waals surface area contributed by atoms with Gasteiger partial charge in [0.25, 0.3) is 5.56 Å². The standard InChI is InChI=1S/C10H10ClN3O/c1-6(3-11)9-2-7-4-13-14-10(15)8(7)5-12-9/h2,4-6H,3H2,1H3,(H,14,15). The minimum absolute atomic E-state index is 0.176. The van der Waals surface area contributed by atoms with Gasteiger partial charge in [-0.05, 0) is 6.07 Å². The molecule has 1 atom stereocenters. The molecule has 0 amide bonds. The second-order valence-corrected chi connectivity index (χ2v) is 3.76. The molecule has 0 aliphatic rings. The quantitative estimate of drug-likeness (QED) is 0.788. The van der Waals surface area contributed by atoms with E-state index < -0.39 is 0 Å². The van der Waals surface area contributed by atoms with E-state index in [1.165, 1.54) is 0 Å². The Balaban J connectivity index is 2.62. The van der Waals surface area contributed by atoms with Crippen LogP contribution in [0.4, 0.5) is 0 Å². The van der Waals surface area contributed by atoms with Crippen LogP contribution in [0.1, 0.15) is 18.5 Å². The molecule has 2 heterocycles. The van der Waals surface area contributed by atoms with Crippen molar-refractivity contribution in [2.24, 2.45) is 0 Å². The third-order valence-electron chi connectivity index (χ3n) is 2.31. The van der Waals surface area contributed by atoms with Crippen LogP contribution in [0.15, 0.2) is 23.3 Å².